The number of nitrogens with one attached hydrogen (secondary N) is 1. The molecule has 3 rings (SSSR count). The largest absolute Gasteiger partial charge is 0.323 e. The fourth-order valence-corrected chi connectivity index (χ4v) is 2.97. The van der Waals surface area contributed by atoms with Crippen LogP contribution >= 0.6 is 11.8 Å². The molecule has 1 atom stereocenters. The molecule has 3 nitrogen and oxygen atoms in total. The van der Waals surface area contributed by atoms with E-state index in [0.29, 0.717) is 0 Å². The van der Waals surface area contributed by atoms with Crippen LogP contribution < -0.4 is 5.32 Å². The van der Waals surface area contributed by atoms with E-state index in [2.05, 4.69) is 10.3 Å². The summed E-state index contributed by atoms with van der Waals surface area (Å²) in [6.45, 7) is 1.78. The molecule has 0 aliphatic carbocycles. The van der Waals surface area contributed by atoms with Crippen molar-refractivity contribution in [1.29, 1.82) is 0 Å². The highest BCUT2D eigenvalue weighted by atomic mass is 32.2. The Morgan fingerprint density at radius 2 is 1.83 bits per heavy atom. The van der Waals surface area contributed by atoms with E-state index in [-0.39, 0.29) is 16.8 Å². The van der Waals surface area contributed by atoms with Gasteiger partial charge >= 0.3 is 0 Å². The molecule has 23 heavy (non-hydrogen) atoms. The Bertz CT molecular complexity index is 853. The lowest BCUT2D eigenvalue weighted by Crippen LogP contribution is -2.23. The molecule has 0 radical (unpaired) electrons. The molecule has 0 aliphatic rings. The summed E-state index contributed by atoms with van der Waals surface area (Å²) in [4.78, 5) is 16.7. The summed E-state index contributed by atoms with van der Waals surface area (Å²) in [5.41, 5.74) is 1.08. The number of hydrogen-bond donors (Lipinski definition) is 1. The van der Waals surface area contributed by atoms with Gasteiger partial charge in [-0.05, 0) is 31.2 Å². The summed E-state index contributed by atoms with van der Waals surface area (Å²) in [5.74, 6) is -0.697. The van der Waals surface area contributed by atoms with Gasteiger partial charge in [0.15, 0.2) is 0 Å². The number of fused-ring (bicyclic) bond motifs is 1. The zero-order chi connectivity index (χ0) is 16.2. The van der Waals surface area contributed by atoms with Gasteiger partial charge < -0.3 is 5.32 Å². The molecule has 0 bridgehead atoms. The van der Waals surface area contributed by atoms with Crippen molar-refractivity contribution in [3.05, 3.63) is 66.5 Å². The first-order valence-corrected chi connectivity index (χ1v) is 8.09. The van der Waals surface area contributed by atoms with Crippen LogP contribution in [0.5, 0.6) is 0 Å². The minimum atomic E-state index is -0.443. The number of amides is 1. The fourth-order valence-electron chi connectivity index (χ4n) is 2.14. The number of rotatable bonds is 4. The van der Waals surface area contributed by atoms with Gasteiger partial charge in [-0.1, -0.05) is 48.2 Å². The molecule has 1 aromatic heterocycles. The van der Waals surface area contributed by atoms with Gasteiger partial charge in [0.2, 0.25) is 5.91 Å². The zero-order valence-electron chi connectivity index (χ0n) is 12.5. The SMILES string of the molecule is CC(Sc1ccc2ccccc2n1)C(=O)Nc1ccccc1F. The fraction of sp³-hybridized carbons (Fsp3) is 0.111. The Morgan fingerprint density at radius 1 is 1.09 bits per heavy atom. The van der Waals surface area contributed by atoms with Crippen LogP contribution in [0.1, 0.15) is 6.92 Å². The number of hydrogen-bond acceptors (Lipinski definition) is 3. The molecule has 1 amide bonds. The summed E-state index contributed by atoms with van der Waals surface area (Å²) < 4.78 is 13.6. The first-order chi connectivity index (χ1) is 11.1. The molecular formula is C18H15FN2OS. The molecular weight excluding hydrogens is 311 g/mol. The van der Waals surface area contributed by atoms with Crippen LogP contribution in [0.15, 0.2) is 65.7 Å². The number of benzene rings is 2. The van der Waals surface area contributed by atoms with Crippen LogP contribution in [0.4, 0.5) is 10.1 Å². The first-order valence-electron chi connectivity index (χ1n) is 7.21. The maximum atomic E-state index is 13.6. The Kier molecular flexibility index (Phi) is 4.57. The summed E-state index contributed by atoms with van der Waals surface area (Å²) in [7, 11) is 0. The summed E-state index contributed by atoms with van der Waals surface area (Å²) >= 11 is 1.35. The number of carbonyl (C=O) groups is 1. The Morgan fingerprint density at radius 3 is 2.65 bits per heavy atom. The second-order valence-electron chi connectivity index (χ2n) is 5.07. The average molecular weight is 326 g/mol. The van der Waals surface area contributed by atoms with Crippen LogP contribution in [0.25, 0.3) is 10.9 Å². The second kappa shape index (κ2) is 6.79. The van der Waals surface area contributed by atoms with E-state index in [1.807, 2.05) is 36.4 Å². The molecule has 1 unspecified atom stereocenters. The van der Waals surface area contributed by atoms with Gasteiger partial charge in [-0.15, -0.1) is 0 Å². The maximum absolute atomic E-state index is 13.6. The summed E-state index contributed by atoms with van der Waals surface area (Å²) in [6.07, 6.45) is 0. The van der Waals surface area contributed by atoms with E-state index < -0.39 is 5.82 Å². The third-order valence-electron chi connectivity index (χ3n) is 3.37. The maximum Gasteiger partial charge on any atom is 0.237 e. The van der Waals surface area contributed by atoms with Crippen LogP contribution in [0.2, 0.25) is 0 Å². The lowest BCUT2D eigenvalue weighted by Gasteiger charge is -2.12. The number of aromatic nitrogens is 1. The second-order valence-corrected chi connectivity index (χ2v) is 6.43. The van der Waals surface area contributed by atoms with Gasteiger partial charge in [-0.25, -0.2) is 9.37 Å². The smallest absolute Gasteiger partial charge is 0.237 e. The Labute approximate surface area is 137 Å². The van der Waals surface area contributed by atoms with Crippen molar-refractivity contribution in [2.45, 2.75) is 17.2 Å². The lowest BCUT2D eigenvalue weighted by atomic mass is 10.2. The Balaban J connectivity index is 1.71. The minimum Gasteiger partial charge on any atom is -0.323 e. The van der Waals surface area contributed by atoms with Gasteiger partial charge in [0, 0.05) is 5.39 Å². The van der Waals surface area contributed by atoms with Gasteiger partial charge in [-0.2, -0.15) is 0 Å². The number of para-hydroxylation sites is 2. The molecule has 0 spiro atoms. The Hall–Kier alpha value is -2.40. The normalized spacial score (nSPS) is 12.1. The molecule has 1 heterocycles. The van der Waals surface area contributed by atoms with Crippen molar-refractivity contribution in [1.82, 2.24) is 4.98 Å². The van der Waals surface area contributed by atoms with E-state index in [4.69, 9.17) is 0 Å². The van der Waals surface area contributed by atoms with Gasteiger partial charge in [0.05, 0.1) is 21.5 Å². The number of carbonyl (C=O) groups excluding carboxylic acids is 1. The number of thioether (sulfide) groups is 1. The van der Waals surface area contributed by atoms with Crippen LogP contribution in [0.3, 0.4) is 0 Å². The van der Waals surface area contributed by atoms with E-state index >= 15 is 0 Å². The van der Waals surface area contributed by atoms with Crippen molar-refractivity contribution in [2.75, 3.05) is 5.32 Å². The van der Waals surface area contributed by atoms with Crippen LogP contribution in [-0.2, 0) is 4.79 Å². The van der Waals surface area contributed by atoms with Crippen molar-refractivity contribution < 1.29 is 9.18 Å². The third-order valence-corrected chi connectivity index (χ3v) is 4.41. The molecule has 0 saturated heterocycles. The third kappa shape index (κ3) is 3.68. The van der Waals surface area contributed by atoms with Crippen molar-refractivity contribution in [3.8, 4) is 0 Å². The number of halogens is 1. The molecule has 0 fully saturated rings. The number of pyridine rings is 1. The monoisotopic (exact) mass is 326 g/mol. The lowest BCUT2D eigenvalue weighted by molar-refractivity contribution is -0.115. The predicted molar refractivity (Wildman–Crippen MR) is 92.1 cm³/mol. The van der Waals surface area contributed by atoms with Gasteiger partial charge in [-0.3, -0.25) is 4.79 Å². The molecule has 5 heteroatoms. The summed E-state index contributed by atoms with van der Waals surface area (Å²) in [6, 6.07) is 17.8. The standard InChI is InChI=1S/C18H15FN2OS/c1-12(18(22)21-16-9-5-3-7-14(16)19)23-17-11-10-13-6-2-4-8-15(13)20-17/h2-12H,1H3,(H,21,22). The topological polar surface area (TPSA) is 42.0 Å². The van der Waals surface area contributed by atoms with E-state index in [1.54, 1.807) is 25.1 Å². The van der Waals surface area contributed by atoms with Crippen molar-refractivity contribution in [2.24, 2.45) is 0 Å². The first kappa shape index (κ1) is 15.5. The molecule has 0 saturated carbocycles. The average Bonchev–Trinajstić information content (AvgIpc) is 2.56. The highest BCUT2D eigenvalue weighted by molar-refractivity contribution is 8.00. The molecule has 3 aromatic rings. The van der Waals surface area contributed by atoms with Crippen molar-refractivity contribution >= 4 is 34.3 Å². The van der Waals surface area contributed by atoms with E-state index in [1.165, 1.54) is 17.8 Å². The minimum absolute atomic E-state index is 0.191. The van der Waals surface area contributed by atoms with Gasteiger partial charge in [0.25, 0.3) is 0 Å². The van der Waals surface area contributed by atoms with E-state index in [0.717, 1.165) is 15.9 Å². The summed E-state index contributed by atoms with van der Waals surface area (Å²) in [5, 5.41) is 4.04. The molecule has 0 aliphatic heterocycles. The molecule has 116 valence electrons. The van der Waals surface area contributed by atoms with E-state index in [9.17, 15) is 9.18 Å². The van der Waals surface area contributed by atoms with Crippen molar-refractivity contribution in [3.63, 3.8) is 0 Å². The quantitative estimate of drug-likeness (QED) is 0.718. The zero-order valence-corrected chi connectivity index (χ0v) is 13.3. The van der Waals surface area contributed by atoms with Crippen LogP contribution in [-0.4, -0.2) is 16.1 Å². The van der Waals surface area contributed by atoms with Gasteiger partial charge in [0.1, 0.15) is 5.82 Å². The predicted octanol–water partition coefficient (Wildman–Crippen LogP) is 4.49. The molecule has 2 aromatic carbocycles. The number of nitrogens with zero attached hydrogens (tertiary/aromatic N) is 1. The molecule has 1 N–H and O–H groups in total. The number of anilines is 1. The highest BCUT2D eigenvalue weighted by Crippen LogP contribution is 2.25. The van der Waals surface area contributed by atoms with Crippen LogP contribution in [0, 0.1) is 5.82 Å². The highest BCUT2D eigenvalue weighted by Gasteiger charge is 2.16.